The quantitative estimate of drug-likeness (QED) is 0.822. The van der Waals surface area contributed by atoms with Crippen LogP contribution in [0.3, 0.4) is 0 Å². The molecule has 0 unspecified atom stereocenters. The molecule has 2 N–H and O–H groups in total. The first-order valence-corrected chi connectivity index (χ1v) is 8.00. The lowest BCUT2D eigenvalue weighted by molar-refractivity contribution is -0.138. The number of alkyl halides is 3. The molecule has 138 valence electrons. The number of amides is 2. The van der Waals surface area contributed by atoms with Crippen molar-refractivity contribution in [3.05, 3.63) is 47.3 Å². The standard InChI is InChI=1S/C17H16F3N3O3/c18-17(19,20)9-21-15(24)7-10-1-5-12(6-2-10)22-16(25)13-8-14(26-23-13)11-3-4-11/h1-2,5-6,8,11H,3-4,7,9H2,(H,21,24)(H,22,25). The molecule has 0 spiro atoms. The molecule has 0 bridgehead atoms. The SMILES string of the molecule is O=C(Cc1ccc(NC(=O)c2cc(C3CC3)on2)cc1)NCC(F)(F)F. The number of anilines is 1. The van der Waals surface area contributed by atoms with Gasteiger partial charge in [-0.25, -0.2) is 0 Å². The lowest BCUT2D eigenvalue weighted by atomic mass is 10.1. The van der Waals surface area contributed by atoms with Gasteiger partial charge in [0.1, 0.15) is 12.3 Å². The Hall–Kier alpha value is -2.84. The third-order valence-corrected chi connectivity index (χ3v) is 3.80. The summed E-state index contributed by atoms with van der Waals surface area (Å²) in [6.45, 7) is -1.36. The fourth-order valence-electron chi connectivity index (χ4n) is 2.30. The van der Waals surface area contributed by atoms with E-state index in [0.717, 1.165) is 12.8 Å². The molecule has 1 heterocycles. The Bertz CT molecular complexity index is 796. The first kappa shape index (κ1) is 18.0. The number of carbonyl (C=O) groups excluding carboxylic acids is 2. The number of hydrogen-bond donors (Lipinski definition) is 2. The zero-order valence-corrected chi connectivity index (χ0v) is 13.6. The zero-order valence-electron chi connectivity index (χ0n) is 13.6. The summed E-state index contributed by atoms with van der Waals surface area (Å²) in [5.41, 5.74) is 1.19. The van der Waals surface area contributed by atoms with E-state index in [2.05, 4.69) is 10.5 Å². The van der Waals surface area contributed by atoms with Crippen LogP contribution in [0.2, 0.25) is 0 Å². The van der Waals surface area contributed by atoms with Crippen LogP contribution < -0.4 is 10.6 Å². The Morgan fingerprint density at radius 3 is 2.50 bits per heavy atom. The summed E-state index contributed by atoms with van der Waals surface area (Å²) in [7, 11) is 0. The van der Waals surface area contributed by atoms with Gasteiger partial charge in [0.25, 0.3) is 5.91 Å². The van der Waals surface area contributed by atoms with Crippen molar-refractivity contribution >= 4 is 17.5 Å². The first-order chi connectivity index (χ1) is 12.3. The molecule has 0 saturated heterocycles. The molecule has 3 rings (SSSR count). The van der Waals surface area contributed by atoms with Crippen LogP contribution in [0.25, 0.3) is 0 Å². The molecule has 1 aromatic carbocycles. The van der Waals surface area contributed by atoms with Gasteiger partial charge in [0, 0.05) is 17.7 Å². The largest absolute Gasteiger partial charge is 0.405 e. The van der Waals surface area contributed by atoms with E-state index < -0.39 is 24.5 Å². The van der Waals surface area contributed by atoms with Crippen molar-refractivity contribution in [2.75, 3.05) is 11.9 Å². The lowest BCUT2D eigenvalue weighted by Gasteiger charge is -2.09. The molecular weight excluding hydrogens is 351 g/mol. The molecule has 1 aromatic heterocycles. The number of rotatable bonds is 6. The van der Waals surface area contributed by atoms with Gasteiger partial charge in [0.05, 0.1) is 6.42 Å². The second-order valence-electron chi connectivity index (χ2n) is 6.11. The van der Waals surface area contributed by atoms with Crippen LogP contribution in [-0.4, -0.2) is 29.7 Å². The zero-order chi connectivity index (χ0) is 18.7. The normalized spacial score (nSPS) is 14.1. The van der Waals surface area contributed by atoms with Crippen molar-refractivity contribution in [2.24, 2.45) is 0 Å². The Kier molecular flexibility index (Phi) is 4.97. The van der Waals surface area contributed by atoms with Gasteiger partial charge in [0.2, 0.25) is 5.91 Å². The van der Waals surface area contributed by atoms with Crippen molar-refractivity contribution in [2.45, 2.75) is 31.4 Å². The summed E-state index contributed by atoms with van der Waals surface area (Å²) in [4.78, 5) is 23.6. The Morgan fingerprint density at radius 2 is 1.88 bits per heavy atom. The number of nitrogens with zero attached hydrogens (tertiary/aromatic N) is 1. The predicted octanol–water partition coefficient (Wildman–Crippen LogP) is 3.03. The van der Waals surface area contributed by atoms with E-state index in [1.165, 1.54) is 0 Å². The van der Waals surface area contributed by atoms with Gasteiger partial charge in [0.15, 0.2) is 5.69 Å². The van der Waals surface area contributed by atoms with E-state index in [9.17, 15) is 22.8 Å². The number of aromatic nitrogens is 1. The minimum atomic E-state index is -4.44. The molecule has 26 heavy (non-hydrogen) atoms. The van der Waals surface area contributed by atoms with E-state index in [4.69, 9.17) is 4.52 Å². The van der Waals surface area contributed by atoms with Gasteiger partial charge in [-0.05, 0) is 30.5 Å². The Morgan fingerprint density at radius 1 is 1.19 bits per heavy atom. The maximum atomic E-state index is 12.1. The predicted molar refractivity (Wildman–Crippen MR) is 85.6 cm³/mol. The van der Waals surface area contributed by atoms with E-state index >= 15 is 0 Å². The van der Waals surface area contributed by atoms with Crippen LogP contribution in [0.15, 0.2) is 34.9 Å². The van der Waals surface area contributed by atoms with Crippen molar-refractivity contribution in [1.29, 1.82) is 0 Å². The molecule has 0 aliphatic heterocycles. The fourth-order valence-corrected chi connectivity index (χ4v) is 2.30. The molecule has 9 heteroatoms. The molecule has 1 aliphatic rings. The minimum absolute atomic E-state index is 0.182. The summed E-state index contributed by atoms with van der Waals surface area (Å²) in [6.07, 6.45) is -2.55. The van der Waals surface area contributed by atoms with E-state index in [0.29, 0.717) is 22.9 Å². The molecule has 2 amide bonds. The number of carbonyl (C=O) groups is 2. The van der Waals surface area contributed by atoms with Gasteiger partial charge in [-0.15, -0.1) is 0 Å². The van der Waals surface area contributed by atoms with Gasteiger partial charge < -0.3 is 15.2 Å². The molecule has 2 aromatic rings. The second-order valence-corrected chi connectivity index (χ2v) is 6.11. The van der Waals surface area contributed by atoms with Crippen LogP contribution in [0.4, 0.5) is 18.9 Å². The van der Waals surface area contributed by atoms with E-state index in [1.807, 2.05) is 0 Å². The summed E-state index contributed by atoms with van der Waals surface area (Å²) >= 11 is 0. The maximum Gasteiger partial charge on any atom is 0.405 e. The second kappa shape index (κ2) is 7.19. The molecule has 1 fully saturated rings. The summed E-state index contributed by atoms with van der Waals surface area (Å²) in [5, 5.41) is 8.19. The van der Waals surface area contributed by atoms with E-state index in [-0.39, 0.29) is 12.1 Å². The maximum absolute atomic E-state index is 12.1. The van der Waals surface area contributed by atoms with E-state index in [1.54, 1.807) is 35.6 Å². The fraction of sp³-hybridized carbons (Fsp3) is 0.353. The number of nitrogens with one attached hydrogen (secondary N) is 2. The van der Waals surface area contributed by atoms with Crippen LogP contribution >= 0.6 is 0 Å². The highest BCUT2D eigenvalue weighted by Crippen LogP contribution is 2.40. The third kappa shape index (κ3) is 5.08. The highest BCUT2D eigenvalue weighted by molar-refractivity contribution is 6.02. The van der Waals surface area contributed by atoms with Crippen molar-refractivity contribution in [1.82, 2.24) is 10.5 Å². The van der Waals surface area contributed by atoms with Crippen molar-refractivity contribution in [3.8, 4) is 0 Å². The molecule has 0 radical (unpaired) electrons. The first-order valence-electron chi connectivity index (χ1n) is 8.00. The van der Waals surface area contributed by atoms with Crippen LogP contribution in [0.5, 0.6) is 0 Å². The highest BCUT2D eigenvalue weighted by Gasteiger charge is 2.29. The molecule has 1 saturated carbocycles. The van der Waals surface area contributed by atoms with Crippen molar-refractivity contribution in [3.63, 3.8) is 0 Å². The highest BCUT2D eigenvalue weighted by atomic mass is 19.4. The van der Waals surface area contributed by atoms with Gasteiger partial charge in [-0.1, -0.05) is 17.3 Å². The molecule has 6 nitrogen and oxygen atoms in total. The van der Waals surface area contributed by atoms with Crippen LogP contribution in [0, 0.1) is 0 Å². The van der Waals surface area contributed by atoms with Gasteiger partial charge in [-0.2, -0.15) is 13.2 Å². The summed E-state index contributed by atoms with van der Waals surface area (Å²) in [5.74, 6) is -0.0900. The van der Waals surface area contributed by atoms with Crippen LogP contribution in [0.1, 0.15) is 40.6 Å². The Labute approximate surface area is 146 Å². The number of hydrogen-bond acceptors (Lipinski definition) is 4. The summed E-state index contributed by atoms with van der Waals surface area (Å²) < 4.78 is 41.3. The molecule has 0 atom stereocenters. The number of benzene rings is 1. The average molecular weight is 367 g/mol. The third-order valence-electron chi connectivity index (χ3n) is 3.80. The Balaban J connectivity index is 1.52. The monoisotopic (exact) mass is 367 g/mol. The average Bonchev–Trinajstić information content (AvgIpc) is 3.31. The van der Waals surface area contributed by atoms with Crippen molar-refractivity contribution < 1.29 is 27.3 Å². The molecule has 1 aliphatic carbocycles. The van der Waals surface area contributed by atoms with Gasteiger partial charge >= 0.3 is 6.18 Å². The van der Waals surface area contributed by atoms with Gasteiger partial charge in [-0.3, -0.25) is 9.59 Å². The smallest absolute Gasteiger partial charge is 0.360 e. The lowest BCUT2D eigenvalue weighted by Crippen LogP contribution is -2.34. The minimum Gasteiger partial charge on any atom is -0.360 e. The molecular formula is C17H16F3N3O3. The topological polar surface area (TPSA) is 84.2 Å². The summed E-state index contributed by atoms with van der Waals surface area (Å²) in [6, 6.07) is 7.85. The number of halogens is 3. The van der Waals surface area contributed by atoms with Crippen LogP contribution in [-0.2, 0) is 11.2 Å².